The molecule has 0 saturated carbocycles. The van der Waals surface area contributed by atoms with Crippen molar-refractivity contribution in [1.82, 2.24) is 4.90 Å². The number of nitro groups is 1. The van der Waals surface area contributed by atoms with E-state index in [1.165, 1.54) is 4.90 Å². The van der Waals surface area contributed by atoms with Crippen LogP contribution >= 0.6 is 0 Å². The highest BCUT2D eigenvalue weighted by molar-refractivity contribution is 5.82. The van der Waals surface area contributed by atoms with Gasteiger partial charge in [0.1, 0.15) is 6.73 Å². The summed E-state index contributed by atoms with van der Waals surface area (Å²) in [6.45, 7) is -0.291. The third-order valence-electron chi connectivity index (χ3n) is 1.44. The van der Waals surface area contributed by atoms with Gasteiger partial charge in [0.25, 0.3) is 5.91 Å². The maximum absolute atomic E-state index is 10.9. The predicted octanol–water partition coefficient (Wildman–Crippen LogP) is -0.922. The molecule has 6 heteroatoms. The molecule has 1 amide bonds. The standard InChI is InChI=1S/C5H8N2O4/c1-6-3-11-4(5(6)8)2-7(9)10/h4H,2-3H2,1H3. The zero-order valence-corrected chi connectivity index (χ0v) is 6.02. The molecule has 1 atom stereocenters. The SMILES string of the molecule is CN1COC(C[N+](=O)[O-])C1=O. The van der Waals surface area contributed by atoms with Crippen LogP contribution in [0.3, 0.4) is 0 Å². The first-order valence-corrected chi connectivity index (χ1v) is 3.09. The molecule has 62 valence electrons. The Morgan fingerprint density at radius 3 is 2.91 bits per heavy atom. The summed E-state index contributed by atoms with van der Waals surface area (Å²) in [5, 5.41) is 9.96. The van der Waals surface area contributed by atoms with E-state index in [-0.39, 0.29) is 12.6 Å². The number of hydrogen-bond donors (Lipinski definition) is 0. The van der Waals surface area contributed by atoms with Crippen LogP contribution in [0.25, 0.3) is 0 Å². The van der Waals surface area contributed by atoms with Crippen molar-refractivity contribution in [2.24, 2.45) is 0 Å². The van der Waals surface area contributed by atoms with Crippen molar-refractivity contribution in [1.29, 1.82) is 0 Å². The highest BCUT2D eigenvalue weighted by atomic mass is 16.6. The smallest absolute Gasteiger partial charge is 0.260 e. The Bertz CT molecular complexity index is 193. The van der Waals surface area contributed by atoms with Gasteiger partial charge in [-0.15, -0.1) is 0 Å². The van der Waals surface area contributed by atoms with Crippen LogP contribution in [0.4, 0.5) is 0 Å². The topological polar surface area (TPSA) is 72.7 Å². The lowest BCUT2D eigenvalue weighted by molar-refractivity contribution is -0.487. The molecule has 0 aromatic carbocycles. The third kappa shape index (κ3) is 1.64. The second-order valence-electron chi connectivity index (χ2n) is 2.34. The molecule has 0 aliphatic carbocycles. The number of amides is 1. The molecule has 1 saturated heterocycles. The van der Waals surface area contributed by atoms with E-state index in [9.17, 15) is 14.9 Å². The van der Waals surface area contributed by atoms with Gasteiger partial charge in [0.2, 0.25) is 12.6 Å². The zero-order valence-electron chi connectivity index (χ0n) is 6.02. The van der Waals surface area contributed by atoms with E-state index in [2.05, 4.69) is 0 Å². The Labute approximate surface area is 62.9 Å². The Balaban J connectivity index is 2.49. The Morgan fingerprint density at radius 1 is 1.91 bits per heavy atom. The monoisotopic (exact) mass is 160 g/mol. The molecule has 0 spiro atoms. The predicted molar refractivity (Wildman–Crippen MR) is 34.4 cm³/mol. The lowest BCUT2D eigenvalue weighted by Gasteiger charge is -2.02. The van der Waals surface area contributed by atoms with Crippen molar-refractivity contribution >= 4 is 5.91 Å². The van der Waals surface area contributed by atoms with Crippen LogP contribution < -0.4 is 0 Å². The van der Waals surface area contributed by atoms with E-state index < -0.39 is 17.6 Å². The number of nitrogens with zero attached hydrogens (tertiary/aromatic N) is 2. The summed E-state index contributed by atoms with van der Waals surface area (Å²) in [5.41, 5.74) is 0. The van der Waals surface area contributed by atoms with Gasteiger partial charge in [-0.3, -0.25) is 14.9 Å². The zero-order chi connectivity index (χ0) is 8.43. The fraction of sp³-hybridized carbons (Fsp3) is 0.800. The molecule has 0 radical (unpaired) electrons. The van der Waals surface area contributed by atoms with Crippen LogP contribution in [-0.4, -0.2) is 42.2 Å². The molecule has 1 fully saturated rings. The van der Waals surface area contributed by atoms with Gasteiger partial charge in [-0.05, 0) is 0 Å². The lowest BCUT2D eigenvalue weighted by Crippen LogP contribution is -2.30. The molecule has 1 aliphatic rings. The van der Waals surface area contributed by atoms with Gasteiger partial charge in [-0.25, -0.2) is 0 Å². The quantitative estimate of drug-likeness (QED) is 0.386. The molecule has 1 rings (SSSR count). The second kappa shape index (κ2) is 2.83. The average molecular weight is 160 g/mol. The van der Waals surface area contributed by atoms with Crippen LogP contribution in [0.2, 0.25) is 0 Å². The molecule has 6 nitrogen and oxygen atoms in total. The highest BCUT2D eigenvalue weighted by Gasteiger charge is 2.33. The van der Waals surface area contributed by atoms with Gasteiger partial charge >= 0.3 is 0 Å². The summed E-state index contributed by atoms with van der Waals surface area (Å²) in [7, 11) is 1.54. The fourth-order valence-corrected chi connectivity index (χ4v) is 0.849. The molecule has 0 aromatic rings. The number of carbonyl (C=O) groups excluding carboxylic acids is 1. The summed E-state index contributed by atoms with van der Waals surface area (Å²) in [4.78, 5) is 21.7. The van der Waals surface area contributed by atoms with Crippen molar-refractivity contribution in [2.45, 2.75) is 6.10 Å². The molecular formula is C5H8N2O4. The maximum atomic E-state index is 10.9. The number of carbonyl (C=O) groups is 1. The molecular weight excluding hydrogens is 152 g/mol. The molecule has 1 aliphatic heterocycles. The lowest BCUT2D eigenvalue weighted by atomic mass is 10.3. The highest BCUT2D eigenvalue weighted by Crippen LogP contribution is 2.07. The average Bonchev–Trinajstić information content (AvgIpc) is 2.18. The van der Waals surface area contributed by atoms with Crippen molar-refractivity contribution in [3.8, 4) is 0 Å². The fourth-order valence-electron chi connectivity index (χ4n) is 0.849. The van der Waals surface area contributed by atoms with E-state index in [4.69, 9.17) is 4.74 Å². The van der Waals surface area contributed by atoms with Crippen LogP contribution in [0.1, 0.15) is 0 Å². The van der Waals surface area contributed by atoms with Gasteiger partial charge in [-0.2, -0.15) is 0 Å². The van der Waals surface area contributed by atoms with E-state index in [1.54, 1.807) is 7.05 Å². The second-order valence-corrected chi connectivity index (χ2v) is 2.34. The van der Waals surface area contributed by atoms with Gasteiger partial charge in [0, 0.05) is 12.0 Å². The number of ether oxygens (including phenoxy) is 1. The first kappa shape index (κ1) is 7.93. The van der Waals surface area contributed by atoms with Crippen molar-refractivity contribution < 1.29 is 14.5 Å². The van der Waals surface area contributed by atoms with E-state index in [0.29, 0.717) is 0 Å². The number of likely N-dealkylation sites (N-methyl/N-ethyl adjacent to an activating group) is 1. The largest absolute Gasteiger partial charge is 0.341 e. The van der Waals surface area contributed by atoms with Gasteiger partial charge in [-0.1, -0.05) is 0 Å². The van der Waals surface area contributed by atoms with Gasteiger partial charge in [0.05, 0.1) is 0 Å². The normalized spacial score (nSPS) is 24.3. The Kier molecular flexibility index (Phi) is 2.04. The molecule has 0 bridgehead atoms. The minimum absolute atomic E-state index is 0.150. The van der Waals surface area contributed by atoms with Crippen molar-refractivity contribution in [3.05, 3.63) is 10.1 Å². The third-order valence-corrected chi connectivity index (χ3v) is 1.44. The first-order valence-electron chi connectivity index (χ1n) is 3.09. The van der Waals surface area contributed by atoms with Crippen LogP contribution in [-0.2, 0) is 9.53 Å². The van der Waals surface area contributed by atoms with Gasteiger partial charge in [0.15, 0.2) is 0 Å². The summed E-state index contributed by atoms with van der Waals surface area (Å²) in [5.74, 6) is -0.318. The summed E-state index contributed by atoms with van der Waals surface area (Å²) in [6, 6.07) is 0. The molecule has 1 heterocycles. The Morgan fingerprint density at radius 2 is 2.55 bits per heavy atom. The number of hydrogen-bond acceptors (Lipinski definition) is 4. The molecule has 11 heavy (non-hydrogen) atoms. The molecule has 0 N–H and O–H groups in total. The summed E-state index contributed by atoms with van der Waals surface area (Å²) >= 11 is 0. The van der Waals surface area contributed by atoms with Crippen molar-refractivity contribution in [3.63, 3.8) is 0 Å². The maximum Gasteiger partial charge on any atom is 0.260 e. The van der Waals surface area contributed by atoms with E-state index in [1.807, 2.05) is 0 Å². The van der Waals surface area contributed by atoms with Crippen LogP contribution in [0.15, 0.2) is 0 Å². The molecule has 1 unspecified atom stereocenters. The number of rotatable bonds is 2. The minimum atomic E-state index is -0.880. The van der Waals surface area contributed by atoms with Crippen LogP contribution in [0, 0.1) is 10.1 Å². The molecule has 0 aromatic heterocycles. The Hall–Kier alpha value is -1.17. The minimum Gasteiger partial charge on any atom is -0.341 e. The first-order chi connectivity index (χ1) is 5.11. The van der Waals surface area contributed by atoms with E-state index >= 15 is 0 Å². The van der Waals surface area contributed by atoms with Gasteiger partial charge < -0.3 is 9.64 Å². The summed E-state index contributed by atoms with van der Waals surface area (Å²) in [6.07, 6.45) is -0.880. The van der Waals surface area contributed by atoms with Crippen LogP contribution in [0.5, 0.6) is 0 Å². The van der Waals surface area contributed by atoms with Crippen molar-refractivity contribution in [2.75, 3.05) is 20.3 Å². The summed E-state index contributed by atoms with van der Waals surface area (Å²) < 4.78 is 4.82. The van der Waals surface area contributed by atoms with E-state index in [0.717, 1.165) is 0 Å².